The third-order valence-electron chi connectivity index (χ3n) is 3.61. The Balaban J connectivity index is 2.75. The molecular formula is C10H18O. The second-order valence-electron chi connectivity index (χ2n) is 4.57. The summed E-state index contributed by atoms with van der Waals surface area (Å²) in [6.45, 7) is 8.92. The molecule has 0 amide bonds. The van der Waals surface area contributed by atoms with E-state index in [-0.39, 0.29) is 0 Å². The van der Waals surface area contributed by atoms with Gasteiger partial charge >= 0.3 is 0 Å². The van der Waals surface area contributed by atoms with Crippen LogP contribution in [0.15, 0.2) is 0 Å². The van der Waals surface area contributed by atoms with Crippen LogP contribution in [0.5, 0.6) is 0 Å². The Hall–Kier alpha value is -0.330. The molecule has 0 aromatic carbocycles. The Morgan fingerprint density at radius 2 is 1.55 bits per heavy atom. The Labute approximate surface area is 69.2 Å². The first-order valence-corrected chi connectivity index (χ1v) is 4.46. The first-order valence-electron chi connectivity index (χ1n) is 4.46. The van der Waals surface area contributed by atoms with Crippen molar-refractivity contribution in [1.82, 2.24) is 0 Å². The number of rotatable bonds is 0. The average molecular weight is 154 g/mol. The lowest BCUT2D eigenvalue weighted by Gasteiger charge is -2.41. The van der Waals surface area contributed by atoms with Crippen LogP contribution in [-0.4, -0.2) is 5.78 Å². The topological polar surface area (TPSA) is 17.1 Å². The molecule has 1 aliphatic carbocycles. The largest absolute Gasteiger partial charge is 0.300 e. The van der Waals surface area contributed by atoms with E-state index in [0.717, 1.165) is 12.8 Å². The molecule has 1 nitrogen and oxygen atoms in total. The van der Waals surface area contributed by atoms with Crippen molar-refractivity contribution in [1.29, 1.82) is 0 Å². The highest BCUT2D eigenvalue weighted by molar-refractivity contribution is 5.79. The van der Waals surface area contributed by atoms with Crippen LogP contribution in [0.25, 0.3) is 0 Å². The van der Waals surface area contributed by atoms with Gasteiger partial charge in [-0.25, -0.2) is 0 Å². The molecule has 0 bridgehead atoms. The van der Waals surface area contributed by atoms with Crippen molar-refractivity contribution >= 4 is 5.78 Å². The SMILES string of the molecule is C[C@@H]1CC(=O)C[C@H](C)C1(C)C. The summed E-state index contributed by atoms with van der Waals surface area (Å²) in [7, 11) is 0. The highest BCUT2D eigenvalue weighted by atomic mass is 16.1. The standard InChI is InChI=1S/C10H18O/c1-7-5-9(11)6-8(2)10(7,3)4/h7-8H,5-6H2,1-4H3/t7-,8+. The van der Waals surface area contributed by atoms with Crippen LogP contribution in [0.1, 0.15) is 40.5 Å². The fourth-order valence-electron chi connectivity index (χ4n) is 1.78. The maximum absolute atomic E-state index is 11.2. The number of Topliss-reactive ketones (excluding diaryl/α,β-unsaturated/α-hetero) is 1. The molecule has 0 N–H and O–H groups in total. The molecule has 1 rings (SSSR count). The minimum absolute atomic E-state index is 0.355. The molecule has 0 heterocycles. The fraction of sp³-hybridized carbons (Fsp3) is 0.900. The highest BCUT2D eigenvalue weighted by Crippen LogP contribution is 2.42. The lowest BCUT2D eigenvalue weighted by molar-refractivity contribution is -0.126. The molecule has 2 atom stereocenters. The van der Waals surface area contributed by atoms with Gasteiger partial charge < -0.3 is 0 Å². The van der Waals surface area contributed by atoms with Crippen molar-refractivity contribution in [2.45, 2.75) is 40.5 Å². The van der Waals surface area contributed by atoms with Crippen LogP contribution >= 0.6 is 0 Å². The summed E-state index contributed by atoms with van der Waals surface area (Å²) in [5, 5.41) is 0. The molecule has 1 fully saturated rings. The van der Waals surface area contributed by atoms with Crippen LogP contribution in [0.2, 0.25) is 0 Å². The third-order valence-corrected chi connectivity index (χ3v) is 3.61. The zero-order valence-corrected chi connectivity index (χ0v) is 7.98. The predicted molar refractivity (Wildman–Crippen MR) is 46.4 cm³/mol. The van der Waals surface area contributed by atoms with Crippen molar-refractivity contribution in [3.05, 3.63) is 0 Å². The van der Waals surface area contributed by atoms with Crippen LogP contribution in [0.4, 0.5) is 0 Å². The molecule has 0 aromatic rings. The van der Waals surface area contributed by atoms with Gasteiger partial charge in [0.2, 0.25) is 0 Å². The summed E-state index contributed by atoms with van der Waals surface area (Å²) in [5.41, 5.74) is 0.355. The van der Waals surface area contributed by atoms with Crippen LogP contribution in [0.3, 0.4) is 0 Å². The van der Waals surface area contributed by atoms with Gasteiger partial charge in [-0.1, -0.05) is 27.7 Å². The molecule has 0 radical (unpaired) electrons. The second-order valence-corrected chi connectivity index (χ2v) is 4.57. The molecule has 0 aliphatic heterocycles. The fourth-order valence-corrected chi connectivity index (χ4v) is 1.78. The molecular weight excluding hydrogens is 136 g/mol. The Kier molecular flexibility index (Phi) is 2.08. The summed E-state index contributed by atoms with van der Waals surface area (Å²) >= 11 is 0. The van der Waals surface area contributed by atoms with Gasteiger partial charge in [-0.15, -0.1) is 0 Å². The maximum Gasteiger partial charge on any atom is 0.133 e. The van der Waals surface area contributed by atoms with E-state index < -0.39 is 0 Å². The first-order chi connectivity index (χ1) is 4.94. The number of ketones is 1. The number of hydrogen-bond donors (Lipinski definition) is 0. The minimum Gasteiger partial charge on any atom is -0.300 e. The summed E-state index contributed by atoms with van der Waals surface area (Å²) in [6.07, 6.45) is 1.58. The van der Waals surface area contributed by atoms with Crippen molar-refractivity contribution in [3.63, 3.8) is 0 Å². The lowest BCUT2D eigenvalue weighted by Crippen LogP contribution is -2.37. The number of hydrogen-bond acceptors (Lipinski definition) is 1. The van der Waals surface area contributed by atoms with Gasteiger partial charge in [0.05, 0.1) is 0 Å². The second kappa shape index (κ2) is 2.62. The van der Waals surface area contributed by atoms with E-state index in [9.17, 15) is 4.79 Å². The average Bonchev–Trinajstić information content (AvgIpc) is 1.84. The molecule has 11 heavy (non-hydrogen) atoms. The van der Waals surface area contributed by atoms with E-state index in [0.29, 0.717) is 23.0 Å². The van der Waals surface area contributed by atoms with Crippen molar-refractivity contribution in [3.8, 4) is 0 Å². The molecule has 0 aromatic heterocycles. The summed E-state index contributed by atoms with van der Waals surface area (Å²) in [6, 6.07) is 0. The van der Waals surface area contributed by atoms with Gasteiger partial charge in [0.1, 0.15) is 5.78 Å². The van der Waals surface area contributed by atoms with Gasteiger partial charge in [0, 0.05) is 12.8 Å². The van der Waals surface area contributed by atoms with Gasteiger partial charge in [-0.05, 0) is 17.3 Å². The zero-order valence-electron chi connectivity index (χ0n) is 7.98. The van der Waals surface area contributed by atoms with E-state index in [1.165, 1.54) is 0 Å². The van der Waals surface area contributed by atoms with Crippen molar-refractivity contribution in [2.24, 2.45) is 17.3 Å². The smallest absolute Gasteiger partial charge is 0.133 e. The molecule has 0 spiro atoms. The Morgan fingerprint density at radius 3 is 1.91 bits per heavy atom. The first kappa shape index (κ1) is 8.76. The van der Waals surface area contributed by atoms with E-state index >= 15 is 0 Å². The van der Waals surface area contributed by atoms with Crippen molar-refractivity contribution in [2.75, 3.05) is 0 Å². The quantitative estimate of drug-likeness (QED) is 0.524. The minimum atomic E-state index is 0.355. The molecule has 1 saturated carbocycles. The van der Waals surface area contributed by atoms with Crippen molar-refractivity contribution < 1.29 is 4.79 Å². The molecule has 1 aliphatic rings. The predicted octanol–water partition coefficient (Wildman–Crippen LogP) is 2.65. The molecule has 0 saturated heterocycles. The summed E-state index contributed by atoms with van der Waals surface area (Å²) in [5.74, 6) is 1.56. The Bertz CT molecular complexity index is 154. The van der Waals surface area contributed by atoms with E-state index in [2.05, 4.69) is 27.7 Å². The molecule has 64 valence electrons. The van der Waals surface area contributed by atoms with E-state index in [1.807, 2.05) is 0 Å². The summed E-state index contributed by atoms with van der Waals surface area (Å²) in [4.78, 5) is 11.2. The maximum atomic E-state index is 11.2. The normalized spacial score (nSPS) is 37.3. The van der Waals surface area contributed by atoms with E-state index in [1.54, 1.807) is 0 Å². The van der Waals surface area contributed by atoms with Crippen LogP contribution < -0.4 is 0 Å². The van der Waals surface area contributed by atoms with Gasteiger partial charge in [0.15, 0.2) is 0 Å². The van der Waals surface area contributed by atoms with E-state index in [4.69, 9.17) is 0 Å². The monoisotopic (exact) mass is 154 g/mol. The van der Waals surface area contributed by atoms with Gasteiger partial charge in [-0.3, -0.25) is 4.79 Å². The summed E-state index contributed by atoms with van der Waals surface area (Å²) < 4.78 is 0. The highest BCUT2D eigenvalue weighted by Gasteiger charge is 2.38. The van der Waals surface area contributed by atoms with Gasteiger partial charge in [0.25, 0.3) is 0 Å². The number of carbonyl (C=O) groups excluding carboxylic acids is 1. The third kappa shape index (κ3) is 1.47. The van der Waals surface area contributed by atoms with Crippen LogP contribution in [-0.2, 0) is 4.79 Å². The molecule has 0 unspecified atom stereocenters. The number of carbonyl (C=O) groups is 1. The van der Waals surface area contributed by atoms with Crippen LogP contribution in [0, 0.1) is 17.3 Å². The Morgan fingerprint density at radius 1 is 1.18 bits per heavy atom. The molecule has 1 heteroatoms. The zero-order chi connectivity index (χ0) is 8.65. The lowest BCUT2D eigenvalue weighted by atomic mass is 9.63. The van der Waals surface area contributed by atoms with Gasteiger partial charge in [-0.2, -0.15) is 0 Å².